The van der Waals surface area contributed by atoms with Gasteiger partial charge in [-0.25, -0.2) is 0 Å². The summed E-state index contributed by atoms with van der Waals surface area (Å²) >= 11 is 1.42. The molecule has 0 saturated carbocycles. The Morgan fingerprint density at radius 1 is 1.08 bits per heavy atom. The highest BCUT2D eigenvalue weighted by molar-refractivity contribution is 8.00. The van der Waals surface area contributed by atoms with E-state index in [-0.39, 0.29) is 6.10 Å². The number of para-hydroxylation sites is 1. The number of aryl methyl sites for hydroxylation is 1. The molecule has 2 aromatic carbocycles. The van der Waals surface area contributed by atoms with Crippen LogP contribution in [0.1, 0.15) is 31.7 Å². The van der Waals surface area contributed by atoms with Gasteiger partial charge in [-0.2, -0.15) is 0 Å². The molecule has 0 aliphatic carbocycles. The van der Waals surface area contributed by atoms with E-state index in [1.165, 1.54) is 17.3 Å². The van der Waals surface area contributed by atoms with Crippen LogP contribution in [0.15, 0.2) is 59.5 Å². The molecule has 0 aromatic heterocycles. The normalized spacial score (nSPS) is 13.2. The Hall–Kier alpha value is -1.94. The van der Waals surface area contributed by atoms with Gasteiger partial charge < -0.3 is 9.84 Å². The Morgan fingerprint density at radius 2 is 1.75 bits per heavy atom. The molecule has 0 heterocycles. The Balaban J connectivity index is 1.79. The minimum Gasteiger partial charge on any atom is -0.491 e. The van der Waals surface area contributed by atoms with Gasteiger partial charge in [-0.3, -0.25) is 4.79 Å². The minimum atomic E-state index is -0.753. The maximum Gasteiger partial charge on any atom is 0.316 e. The largest absolute Gasteiger partial charge is 0.491 e. The van der Waals surface area contributed by atoms with Crippen LogP contribution in [-0.2, 0) is 4.79 Å². The van der Waals surface area contributed by atoms with E-state index in [4.69, 9.17) is 4.74 Å². The average molecular weight is 344 g/mol. The van der Waals surface area contributed by atoms with E-state index in [2.05, 4.69) is 0 Å². The number of hydrogen-bond acceptors (Lipinski definition) is 3. The van der Waals surface area contributed by atoms with E-state index in [1.54, 1.807) is 0 Å². The molecule has 2 aromatic rings. The molecule has 2 rings (SSSR count). The van der Waals surface area contributed by atoms with Crippen molar-refractivity contribution in [2.45, 2.75) is 49.4 Å². The predicted molar refractivity (Wildman–Crippen MR) is 98.8 cm³/mol. The van der Waals surface area contributed by atoms with Crippen molar-refractivity contribution in [2.75, 3.05) is 0 Å². The zero-order chi connectivity index (χ0) is 17.4. The average Bonchev–Trinajstić information content (AvgIpc) is 2.56. The lowest BCUT2D eigenvalue weighted by atomic mass is 10.1. The van der Waals surface area contributed by atoms with Crippen LogP contribution < -0.4 is 4.74 Å². The summed E-state index contributed by atoms with van der Waals surface area (Å²) in [6, 6.07) is 17.7. The van der Waals surface area contributed by atoms with Gasteiger partial charge in [-0.1, -0.05) is 35.9 Å². The van der Waals surface area contributed by atoms with Crippen molar-refractivity contribution in [3.05, 3.63) is 60.2 Å². The van der Waals surface area contributed by atoms with E-state index in [0.717, 1.165) is 23.5 Å². The molecule has 3 nitrogen and oxygen atoms in total. The van der Waals surface area contributed by atoms with Crippen LogP contribution in [0.4, 0.5) is 0 Å². The van der Waals surface area contributed by atoms with E-state index in [9.17, 15) is 9.90 Å². The van der Waals surface area contributed by atoms with Crippen molar-refractivity contribution in [3.63, 3.8) is 0 Å². The number of ether oxygens (including phenoxy) is 1. The molecule has 0 aliphatic rings. The second kappa shape index (κ2) is 9.38. The molecule has 128 valence electrons. The van der Waals surface area contributed by atoms with Crippen LogP contribution in [0.5, 0.6) is 5.75 Å². The fourth-order valence-electron chi connectivity index (χ4n) is 2.39. The van der Waals surface area contributed by atoms with Crippen LogP contribution in [0.25, 0.3) is 0 Å². The summed E-state index contributed by atoms with van der Waals surface area (Å²) < 4.78 is 5.83. The summed E-state index contributed by atoms with van der Waals surface area (Å²) in [4.78, 5) is 12.5. The molecule has 4 heteroatoms. The monoisotopic (exact) mass is 344 g/mol. The van der Waals surface area contributed by atoms with Gasteiger partial charge in [0.2, 0.25) is 0 Å². The first-order chi connectivity index (χ1) is 11.5. The summed E-state index contributed by atoms with van der Waals surface area (Å²) in [5.41, 5.74) is 1.18. The third-order valence-electron chi connectivity index (χ3n) is 3.73. The highest BCUT2D eigenvalue weighted by atomic mass is 32.2. The lowest BCUT2D eigenvalue weighted by molar-refractivity contribution is -0.136. The number of aliphatic carboxylic acids is 1. The van der Waals surface area contributed by atoms with Crippen molar-refractivity contribution < 1.29 is 14.6 Å². The molecule has 2 unspecified atom stereocenters. The summed E-state index contributed by atoms with van der Waals surface area (Å²) in [5.74, 6) is 0.103. The molecule has 0 bridgehead atoms. The quantitative estimate of drug-likeness (QED) is 0.637. The van der Waals surface area contributed by atoms with E-state index >= 15 is 0 Å². The van der Waals surface area contributed by atoms with Gasteiger partial charge in [0.05, 0.1) is 6.10 Å². The maximum absolute atomic E-state index is 11.5. The van der Waals surface area contributed by atoms with Gasteiger partial charge in [0.15, 0.2) is 0 Å². The predicted octanol–water partition coefficient (Wildman–Crippen LogP) is 5.18. The molecule has 1 N–H and O–H groups in total. The molecule has 24 heavy (non-hydrogen) atoms. The molecule has 0 amide bonds. The molecule has 0 aliphatic heterocycles. The number of hydrogen-bond donors (Lipinski definition) is 1. The lowest BCUT2D eigenvalue weighted by Gasteiger charge is -2.16. The van der Waals surface area contributed by atoms with Crippen LogP contribution in [0.2, 0.25) is 0 Å². The first-order valence-corrected chi connectivity index (χ1v) is 9.10. The number of carbonyl (C=O) groups is 1. The Kier molecular flexibility index (Phi) is 7.19. The van der Waals surface area contributed by atoms with Gasteiger partial charge in [0, 0.05) is 4.90 Å². The third-order valence-corrected chi connectivity index (χ3v) is 5.00. The van der Waals surface area contributed by atoms with Gasteiger partial charge in [0.1, 0.15) is 11.0 Å². The van der Waals surface area contributed by atoms with Crippen LogP contribution in [-0.4, -0.2) is 22.4 Å². The highest BCUT2D eigenvalue weighted by Gasteiger charge is 2.19. The van der Waals surface area contributed by atoms with Crippen molar-refractivity contribution in [2.24, 2.45) is 0 Å². The maximum atomic E-state index is 11.5. The first kappa shape index (κ1) is 18.4. The summed E-state index contributed by atoms with van der Waals surface area (Å²) in [5, 5.41) is 9.02. The summed E-state index contributed by atoms with van der Waals surface area (Å²) in [6.45, 7) is 4.05. The number of thioether (sulfide) groups is 1. The Labute approximate surface area is 148 Å². The third kappa shape index (κ3) is 6.28. The fraction of sp³-hybridized carbons (Fsp3) is 0.350. The van der Waals surface area contributed by atoms with Crippen molar-refractivity contribution in [1.82, 2.24) is 0 Å². The van der Waals surface area contributed by atoms with Crippen LogP contribution in [0, 0.1) is 6.92 Å². The lowest BCUT2D eigenvalue weighted by Crippen LogP contribution is -2.18. The Bertz CT molecular complexity index is 625. The summed E-state index contributed by atoms with van der Waals surface area (Å²) in [7, 11) is 0. The Morgan fingerprint density at radius 3 is 2.38 bits per heavy atom. The smallest absolute Gasteiger partial charge is 0.316 e. The molecule has 0 saturated heterocycles. The van der Waals surface area contributed by atoms with Crippen LogP contribution >= 0.6 is 11.8 Å². The van der Waals surface area contributed by atoms with E-state index in [0.29, 0.717) is 6.42 Å². The van der Waals surface area contributed by atoms with Gasteiger partial charge in [-0.05, 0) is 57.4 Å². The second-order valence-corrected chi connectivity index (χ2v) is 7.21. The molecule has 0 fully saturated rings. The first-order valence-electron chi connectivity index (χ1n) is 8.22. The zero-order valence-corrected chi connectivity index (χ0v) is 15.0. The van der Waals surface area contributed by atoms with E-state index in [1.807, 2.05) is 68.4 Å². The standard InChI is InChI=1S/C20H24O3S/c1-15-11-13-18(14-12-15)24-19(20(21)22)10-6-7-16(2)23-17-8-4-3-5-9-17/h3-5,8-9,11-14,16,19H,6-7,10H2,1-2H3,(H,21,22). The molecular formula is C20H24O3S. The van der Waals surface area contributed by atoms with Gasteiger partial charge in [-0.15, -0.1) is 11.8 Å². The summed E-state index contributed by atoms with van der Waals surface area (Å²) in [6.07, 6.45) is 2.37. The highest BCUT2D eigenvalue weighted by Crippen LogP contribution is 2.27. The second-order valence-electron chi connectivity index (χ2n) is 5.93. The van der Waals surface area contributed by atoms with E-state index < -0.39 is 11.2 Å². The molecular weight excluding hydrogens is 320 g/mol. The molecule has 2 atom stereocenters. The van der Waals surface area contributed by atoms with Gasteiger partial charge in [0.25, 0.3) is 0 Å². The SMILES string of the molecule is Cc1ccc(SC(CCCC(C)Oc2ccccc2)C(=O)O)cc1. The molecule has 0 spiro atoms. The number of carboxylic acids is 1. The zero-order valence-electron chi connectivity index (χ0n) is 14.1. The van der Waals surface area contributed by atoms with Crippen molar-refractivity contribution in [1.29, 1.82) is 0 Å². The van der Waals surface area contributed by atoms with Crippen LogP contribution in [0.3, 0.4) is 0 Å². The topological polar surface area (TPSA) is 46.5 Å². The molecule has 0 radical (unpaired) electrons. The fourth-order valence-corrected chi connectivity index (χ4v) is 3.40. The number of benzene rings is 2. The number of rotatable bonds is 9. The minimum absolute atomic E-state index is 0.0752. The van der Waals surface area contributed by atoms with Crippen molar-refractivity contribution >= 4 is 17.7 Å². The van der Waals surface area contributed by atoms with Gasteiger partial charge >= 0.3 is 5.97 Å². The number of carboxylic acid groups (broad SMARTS) is 1. The van der Waals surface area contributed by atoms with Crippen molar-refractivity contribution in [3.8, 4) is 5.75 Å².